The molecule has 0 spiro atoms. The lowest BCUT2D eigenvalue weighted by atomic mass is 10.1. The van der Waals surface area contributed by atoms with E-state index in [1.807, 2.05) is 13.8 Å². The van der Waals surface area contributed by atoms with Crippen molar-refractivity contribution in [2.24, 2.45) is 0 Å². The van der Waals surface area contributed by atoms with Gasteiger partial charge in [-0.15, -0.1) is 0 Å². The SMILES string of the molecule is CCCCCCCC(=O)c1c(Br)cnn1C(C)C. The van der Waals surface area contributed by atoms with E-state index < -0.39 is 0 Å². The highest BCUT2D eigenvalue weighted by Gasteiger charge is 2.18. The summed E-state index contributed by atoms with van der Waals surface area (Å²) in [6.07, 6.45) is 8.20. The molecule has 0 radical (unpaired) electrons. The summed E-state index contributed by atoms with van der Waals surface area (Å²) in [5, 5.41) is 4.24. The van der Waals surface area contributed by atoms with Gasteiger partial charge < -0.3 is 0 Å². The number of carbonyl (C=O) groups is 1. The molecule has 0 saturated carbocycles. The highest BCUT2D eigenvalue weighted by molar-refractivity contribution is 9.10. The van der Waals surface area contributed by atoms with E-state index in [4.69, 9.17) is 0 Å². The minimum Gasteiger partial charge on any atom is -0.292 e. The molecule has 18 heavy (non-hydrogen) atoms. The largest absolute Gasteiger partial charge is 0.292 e. The number of rotatable bonds is 8. The van der Waals surface area contributed by atoms with Crippen LogP contribution in [0.15, 0.2) is 10.7 Å². The van der Waals surface area contributed by atoms with E-state index in [0.717, 1.165) is 23.0 Å². The monoisotopic (exact) mass is 314 g/mol. The normalized spacial score (nSPS) is 11.2. The first-order valence-corrected chi connectivity index (χ1v) is 7.63. The number of nitrogens with zero attached hydrogens (tertiary/aromatic N) is 2. The van der Waals surface area contributed by atoms with Gasteiger partial charge in [0, 0.05) is 12.5 Å². The molecule has 0 amide bonds. The fourth-order valence-electron chi connectivity index (χ4n) is 2.00. The molecule has 4 heteroatoms. The van der Waals surface area contributed by atoms with Crippen LogP contribution >= 0.6 is 15.9 Å². The van der Waals surface area contributed by atoms with E-state index >= 15 is 0 Å². The molecule has 102 valence electrons. The van der Waals surface area contributed by atoms with Crippen LogP contribution in [0, 0.1) is 0 Å². The molecule has 0 aliphatic heterocycles. The van der Waals surface area contributed by atoms with Crippen molar-refractivity contribution in [1.82, 2.24) is 9.78 Å². The van der Waals surface area contributed by atoms with E-state index in [-0.39, 0.29) is 11.8 Å². The molecule has 1 rings (SSSR count). The van der Waals surface area contributed by atoms with Gasteiger partial charge in [-0.2, -0.15) is 5.10 Å². The van der Waals surface area contributed by atoms with Crippen LogP contribution in [-0.4, -0.2) is 15.6 Å². The maximum atomic E-state index is 12.2. The quantitative estimate of drug-likeness (QED) is 0.511. The Labute approximate surface area is 118 Å². The number of hydrogen-bond donors (Lipinski definition) is 0. The second-order valence-corrected chi connectivity index (χ2v) is 5.82. The number of unbranched alkanes of at least 4 members (excludes halogenated alkanes) is 4. The van der Waals surface area contributed by atoms with E-state index in [1.165, 1.54) is 19.3 Å². The van der Waals surface area contributed by atoms with Gasteiger partial charge in [0.1, 0.15) is 5.69 Å². The predicted molar refractivity (Wildman–Crippen MR) is 78.0 cm³/mol. The van der Waals surface area contributed by atoms with E-state index in [2.05, 4.69) is 28.0 Å². The Bertz CT molecular complexity index is 385. The fourth-order valence-corrected chi connectivity index (χ4v) is 2.50. The standard InChI is InChI=1S/C14H23BrN2O/c1-4-5-6-7-8-9-13(18)14-12(15)10-16-17(14)11(2)3/h10-11H,4-9H2,1-3H3. The van der Waals surface area contributed by atoms with Crippen molar-refractivity contribution in [2.45, 2.75) is 65.3 Å². The Morgan fingerprint density at radius 1 is 1.33 bits per heavy atom. The first-order chi connectivity index (χ1) is 8.57. The molecule has 0 aromatic carbocycles. The number of aromatic nitrogens is 2. The smallest absolute Gasteiger partial charge is 0.182 e. The topological polar surface area (TPSA) is 34.9 Å². The second-order valence-electron chi connectivity index (χ2n) is 4.97. The van der Waals surface area contributed by atoms with Crippen LogP contribution < -0.4 is 0 Å². The molecule has 0 aliphatic carbocycles. The van der Waals surface area contributed by atoms with Crippen molar-refractivity contribution >= 4 is 21.7 Å². The van der Waals surface area contributed by atoms with E-state index in [0.29, 0.717) is 6.42 Å². The van der Waals surface area contributed by atoms with Crippen LogP contribution in [0.25, 0.3) is 0 Å². The van der Waals surface area contributed by atoms with Crippen molar-refractivity contribution in [2.75, 3.05) is 0 Å². The summed E-state index contributed by atoms with van der Waals surface area (Å²) in [7, 11) is 0. The molecule has 0 fully saturated rings. The summed E-state index contributed by atoms with van der Waals surface area (Å²) in [6.45, 7) is 6.28. The van der Waals surface area contributed by atoms with Crippen LogP contribution in [0.3, 0.4) is 0 Å². The Kier molecular flexibility index (Phi) is 6.61. The molecular formula is C14H23BrN2O. The van der Waals surface area contributed by atoms with Gasteiger partial charge in [0.25, 0.3) is 0 Å². The lowest BCUT2D eigenvalue weighted by molar-refractivity contribution is 0.0966. The molecule has 0 saturated heterocycles. The molecule has 1 aromatic heterocycles. The summed E-state index contributed by atoms with van der Waals surface area (Å²) in [5.74, 6) is 0.199. The Balaban J connectivity index is 2.53. The van der Waals surface area contributed by atoms with Gasteiger partial charge in [-0.1, -0.05) is 32.6 Å². The zero-order chi connectivity index (χ0) is 13.5. The fraction of sp³-hybridized carbons (Fsp3) is 0.714. The van der Waals surface area contributed by atoms with Gasteiger partial charge in [-0.25, -0.2) is 0 Å². The maximum absolute atomic E-state index is 12.2. The summed E-state index contributed by atoms with van der Waals surface area (Å²) in [4.78, 5) is 12.2. The molecule has 0 aliphatic rings. The average molecular weight is 315 g/mol. The number of carbonyl (C=O) groups excluding carboxylic acids is 1. The highest BCUT2D eigenvalue weighted by atomic mass is 79.9. The van der Waals surface area contributed by atoms with Crippen molar-refractivity contribution in [3.63, 3.8) is 0 Å². The van der Waals surface area contributed by atoms with Crippen molar-refractivity contribution < 1.29 is 4.79 Å². The van der Waals surface area contributed by atoms with Crippen molar-refractivity contribution in [1.29, 1.82) is 0 Å². The molecule has 0 N–H and O–H groups in total. The van der Waals surface area contributed by atoms with Gasteiger partial charge in [0.05, 0.1) is 10.7 Å². The summed E-state index contributed by atoms with van der Waals surface area (Å²) in [6, 6.07) is 0.218. The number of Topliss-reactive ketones (excluding diaryl/α,β-unsaturated/α-hetero) is 1. The first-order valence-electron chi connectivity index (χ1n) is 6.84. The van der Waals surface area contributed by atoms with Crippen LogP contribution in [0.2, 0.25) is 0 Å². The maximum Gasteiger partial charge on any atom is 0.182 e. The van der Waals surface area contributed by atoms with Crippen LogP contribution in [0.5, 0.6) is 0 Å². The Morgan fingerprint density at radius 3 is 2.61 bits per heavy atom. The third-order valence-corrected chi connectivity index (χ3v) is 3.59. The number of hydrogen-bond acceptors (Lipinski definition) is 2. The lowest BCUT2D eigenvalue weighted by Crippen LogP contribution is -2.13. The molecule has 0 atom stereocenters. The van der Waals surface area contributed by atoms with Crippen LogP contribution in [-0.2, 0) is 0 Å². The molecular weight excluding hydrogens is 292 g/mol. The van der Waals surface area contributed by atoms with Crippen molar-refractivity contribution in [3.8, 4) is 0 Å². The highest BCUT2D eigenvalue weighted by Crippen LogP contribution is 2.22. The van der Waals surface area contributed by atoms with Gasteiger partial charge >= 0.3 is 0 Å². The summed E-state index contributed by atoms with van der Waals surface area (Å²) < 4.78 is 2.62. The van der Waals surface area contributed by atoms with Gasteiger partial charge in [0.15, 0.2) is 5.78 Å². The Morgan fingerprint density at radius 2 is 2.00 bits per heavy atom. The third-order valence-electron chi connectivity index (χ3n) is 3.01. The molecule has 0 bridgehead atoms. The zero-order valence-corrected chi connectivity index (χ0v) is 13.2. The van der Waals surface area contributed by atoms with Crippen molar-refractivity contribution in [3.05, 3.63) is 16.4 Å². The summed E-state index contributed by atoms with van der Waals surface area (Å²) in [5.41, 5.74) is 0.723. The Hall–Kier alpha value is -0.640. The molecule has 1 aromatic rings. The van der Waals surface area contributed by atoms with E-state index in [9.17, 15) is 4.79 Å². The van der Waals surface area contributed by atoms with Crippen LogP contribution in [0.4, 0.5) is 0 Å². The molecule has 1 heterocycles. The van der Waals surface area contributed by atoms with Gasteiger partial charge in [0.2, 0.25) is 0 Å². The number of ketones is 1. The third kappa shape index (κ3) is 4.23. The average Bonchev–Trinajstić information content (AvgIpc) is 2.71. The number of halogens is 1. The minimum atomic E-state index is 0.199. The van der Waals surface area contributed by atoms with E-state index in [1.54, 1.807) is 10.9 Å². The first kappa shape index (κ1) is 15.4. The second kappa shape index (κ2) is 7.72. The van der Waals surface area contributed by atoms with Gasteiger partial charge in [-0.05, 0) is 36.2 Å². The summed E-state index contributed by atoms with van der Waals surface area (Å²) >= 11 is 3.42. The molecule has 0 unspecified atom stereocenters. The van der Waals surface area contributed by atoms with Crippen LogP contribution in [0.1, 0.15) is 75.8 Å². The zero-order valence-electron chi connectivity index (χ0n) is 11.6. The predicted octanol–water partition coefficient (Wildman–Crippen LogP) is 4.77. The lowest BCUT2D eigenvalue weighted by Gasteiger charge is -2.10. The van der Waals surface area contributed by atoms with Gasteiger partial charge in [-0.3, -0.25) is 9.48 Å². The minimum absolute atomic E-state index is 0.199. The molecule has 3 nitrogen and oxygen atoms in total.